The van der Waals surface area contributed by atoms with Gasteiger partial charge in [-0.3, -0.25) is 4.57 Å². The van der Waals surface area contributed by atoms with Crippen LogP contribution in [0.3, 0.4) is 0 Å². The molecule has 1 aromatic heterocycles. The number of nitrogens with zero attached hydrogens (tertiary/aromatic N) is 2. The Kier molecular flexibility index (Phi) is 2.51. The highest BCUT2D eigenvalue weighted by Crippen LogP contribution is 2.42. The number of imidazole rings is 1. The van der Waals surface area contributed by atoms with Gasteiger partial charge in [0.05, 0.1) is 16.7 Å². The van der Waals surface area contributed by atoms with Crippen LogP contribution < -0.4 is 5.73 Å². The first kappa shape index (κ1) is 12.3. The van der Waals surface area contributed by atoms with E-state index in [0.717, 1.165) is 35.8 Å². The molecule has 0 aliphatic heterocycles. The van der Waals surface area contributed by atoms with Crippen LogP contribution in [-0.2, 0) is 0 Å². The summed E-state index contributed by atoms with van der Waals surface area (Å²) in [5.74, 6) is -0.430. The van der Waals surface area contributed by atoms with E-state index in [-0.39, 0.29) is 0 Å². The lowest BCUT2D eigenvalue weighted by Crippen LogP contribution is -2.01. The summed E-state index contributed by atoms with van der Waals surface area (Å²) in [6.07, 6.45) is 2.14. The topological polar surface area (TPSA) is 43.8 Å². The molecule has 2 N–H and O–H groups in total. The number of anilines is 1. The second-order valence-corrected chi connectivity index (χ2v) is 5.43. The quantitative estimate of drug-likeness (QED) is 0.728. The van der Waals surface area contributed by atoms with Crippen molar-refractivity contribution in [2.24, 2.45) is 0 Å². The van der Waals surface area contributed by atoms with Gasteiger partial charge in [0.2, 0.25) is 0 Å². The maximum Gasteiger partial charge on any atom is 0.160 e. The summed E-state index contributed by atoms with van der Waals surface area (Å²) < 4.78 is 28.6. The molecule has 0 unspecified atom stereocenters. The highest BCUT2D eigenvalue weighted by atomic mass is 19.2. The summed E-state index contributed by atoms with van der Waals surface area (Å²) in [5.41, 5.74) is 8.66. The third-order valence-corrected chi connectivity index (χ3v) is 3.81. The van der Waals surface area contributed by atoms with Gasteiger partial charge in [0.1, 0.15) is 5.82 Å². The molecule has 0 bridgehead atoms. The van der Waals surface area contributed by atoms with Crippen LogP contribution in [0.1, 0.15) is 24.6 Å². The highest BCUT2D eigenvalue weighted by Gasteiger charge is 2.30. The molecule has 106 valence electrons. The predicted molar refractivity (Wildman–Crippen MR) is 77.4 cm³/mol. The lowest BCUT2D eigenvalue weighted by Gasteiger charge is -2.09. The van der Waals surface area contributed by atoms with Gasteiger partial charge in [0.25, 0.3) is 0 Å². The number of nitrogen functional groups attached to an aromatic ring is 1. The van der Waals surface area contributed by atoms with Crippen LogP contribution in [0.2, 0.25) is 0 Å². The van der Waals surface area contributed by atoms with Crippen molar-refractivity contribution >= 4 is 16.7 Å². The number of halogens is 2. The van der Waals surface area contributed by atoms with Gasteiger partial charge < -0.3 is 5.73 Å². The number of nitrogens with two attached hydrogens (primary N) is 1. The SMILES string of the molecule is Nc1ccc2c(c1)nc(C1CC1)n2-c1ccc(F)c(F)c1. The van der Waals surface area contributed by atoms with E-state index in [4.69, 9.17) is 5.73 Å². The molecule has 1 heterocycles. The largest absolute Gasteiger partial charge is 0.399 e. The standard InChI is InChI=1S/C16H13F2N3/c17-12-5-4-11(8-13(12)18)21-15-6-3-10(19)7-14(15)20-16(21)9-1-2-9/h3-9H,1-2,19H2. The number of rotatable bonds is 2. The first-order valence-corrected chi connectivity index (χ1v) is 6.87. The molecule has 0 spiro atoms. The minimum Gasteiger partial charge on any atom is -0.399 e. The van der Waals surface area contributed by atoms with Crippen LogP contribution in [0, 0.1) is 11.6 Å². The average Bonchev–Trinajstić information content (AvgIpc) is 3.23. The first-order valence-electron chi connectivity index (χ1n) is 6.87. The van der Waals surface area contributed by atoms with Crippen LogP contribution in [0.25, 0.3) is 16.7 Å². The molecule has 0 radical (unpaired) electrons. The Hall–Kier alpha value is -2.43. The maximum absolute atomic E-state index is 13.6. The van der Waals surface area contributed by atoms with E-state index < -0.39 is 11.6 Å². The van der Waals surface area contributed by atoms with Crippen molar-refractivity contribution in [1.82, 2.24) is 9.55 Å². The third-order valence-electron chi connectivity index (χ3n) is 3.81. The molecule has 21 heavy (non-hydrogen) atoms. The van der Waals surface area contributed by atoms with Crippen molar-refractivity contribution in [2.45, 2.75) is 18.8 Å². The van der Waals surface area contributed by atoms with Crippen molar-refractivity contribution in [3.63, 3.8) is 0 Å². The van der Waals surface area contributed by atoms with E-state index in [9.17, 15) is 8.78 Å². The van der Waals surface area contributed by atoms with E-state index in [1.54, 1.807) is 18.2 Å². The summed E-state index contributed by atoms with van der Waals surface area (Å²) in [6, 6.07) is 9.38. The Balaban J connectivity index is 2.01. The van der Waals surface area contributed by atoms with E-state index in [2.05, 4.69) is 4.98 Å². The van der Waals surface area contributed by atoms with Gasteiger partial charge >= 0.3 is 0 Å². The number of fused-ring (bicyclic) bond motifs is 1. The Morgan fingerprint density at radius 3 is 2.57 bits per heavy atom. The molecule has 3 aromatic rings. The molecule has 1 fully saturated rings. The van der Waals surface area contributed by atoms with Gasteiger partial charge in [-0.1, -0.05) is 0 Å². The monoisotopic (exact) mass is 285 g/mol. The average molecular weight is 285 g/mol. The van der Waals surface area contributed by atoms with Crippen molar-refractivity contribution < 1.29 is 8.78 Å². The second-order valence-electron chi connectivity index (χ2n) is 5.43. The van der Waals surface area contributed by atoms with Crippen LogP contribution in [0.5, 0.6) is 0 Å². The smallest absolute Gasteiger partial charge is 0.160 e. The minimum atomic E-state index is -0.855. The Bertz CT molecular complexity index is 850. The Labute approximate surface area is 120 Å². The zero-order chi connectivity index (χ0) is 14.6. The van der Waals surface area contributed by atoms with E-state index in [0.29, 0.717) is 17.3 Å². The summed E-state index contributed by atoms with van der Waals surface area (Å²) in [7, 11) is 0. The molecular formula is C16H13F2N3. The molecule has 0 amide bonds. The number of benzene rings is 2. The van der Waals surface area contributed by atoms with Gasteiger partial charge in [0, 0.05) is 17.7 Å². The van der Waals surface area contributed by atoms with E-state index in [1.165, 1.54) is 6.07 Å². The molecule has 5 heteroatoms. The Morgan fingerprint density at radius 1 is 1.05 bits per heavy atom. The van der Waals surface area contributed by atoms with Crippen molar-refractivity contribution in [3.05, 3.63) is 53.9 Å². The van der Waals surface area contributed by atoms with Gasteiger partial charge in [-0.2, -0.15) is 0 Å². The van der Waals surface area contributed by atoms with Crippen molar-refractivity contribution in [2.75, 3.05) is 5.73 Å². The second kappa shape index (κ2) is 4.28. The summed E-state index contributed by atoms with van der Waals surface area (Å²) >= 11 is 0. The maximum atomic E-state index is 13.6. The summed E-state index contributed by atoms with van der Waals surface area (Å²) in [6.45, 7) is 0. The molecular weight excluding hydrogens is 272 g/mol. The molecule has 4 rings (SSSR count). The van der Waals surface area contributed by atoms with Crippen LogP contribution in [-0.4, -0.2) is 9.55 Å². The molecule has 1 aliphatic carbocycles. The lowest BCUT2D eigenvalue weighted by atomic mass is 10.2. The predicted octanol–water partition coefficient (Wildman–Crippen LogP) is 3.76. The fourth-order valence-corrected chi connectivity index (χ4v) is 2.63. The Morgan fingerprint density at radius 2 is 1.86 bits per heavy atom. The van der Waals surface area contributed by atoms with Crippen LogP contribution in [0.4, 0.5) is 14.5 Å². The molecule has 2 aromatic carbocycles. The van der Waals surface area contributed by atoms with Crippen molar-refractivity contribution in [3.8, 4) is 5.69 Å². The van der Waals surface area contributed by atoms with Crippen LogP contribution in [0.15, 0.2) is 36.4 Å². The zero-order valence-electron chi connectivity index (χ0n) is 11.2. The highest BCUT2D eigenvalue weighted by molar-refractivity contribution is 5.81. The number of hydrogen-bond donors (Lipinski definition) is 1. The van der Waals surface area contributed by atoms with E-state index >= 15 is 0 Å². The number of aromatic nitrogens is 2. The van der Waals surface area contributed by atoms with Gasteiger partial charge in [-0.15, -0.1) is 0 Å². The fraction of sp³-hybridized carbons (Fsp3) is 0.188. The molecule has 1 saturated carbocycles. The van der Waals surface area contributed by atoms with Gasteiger partial charge in [0.15, 0.2) is 11.6 Å². The number of hydrogen-bond acceptors (Lipinski definition) is 2. The molecule has 0 saturated heterocycles. The molecule has 0 atom stereocenters. The summed E-state index contributed by atoms with van der Waals surface area (Å²) in [5, 5.41) is 0. The van der Waals surface area contributed by atoms with Gasteiger partial charge in [-0.25, -0.2) is 13.8 Å². The fourth-order valence-electron chi connectivity index (χ4n) is 2.63. The summed E-state index contributed by atoms with van der Waals surface area (Å²) in [4.78, 5) is 4.63. The minimum absolute atomic E-state index is 0.381. The van der Waals surface area contributed by atoms with E-state index in [1.807, 2.05) is 10.6 Å². The van der Waals surface area contributed by atoms with Gasteiger partial charge in [-0.05, 0) is 43.2 Å². The van der Waals surface area contributed by atoms with Crippen LogP contribution >= 0.6 is 0 Å². The normalized spacial score (nSPS) is 14.8. The third kappa shape index (κ3) is 1.96. The first-order chi connectivity index (χ1) is 10.1. The molecule has 1 aliphatic rings. The van der Waals surface area contributed by atoms with Crippen molar-refractivity contribution in [1.29, 1.82) is 0 Å². The lowest BCUT2D eigenvalue weighted by molar-refractivity contribution is 0.508. The zero-order valence-corrected chi connectivity index (χ0v) is 11.2. The molecule has 3 nitrogen and oxygen atoms in total.